The Morgan fingerprint density at radius 3 is 2.38 bits per heavy atom. The first-order valence-corrected chi connectivity index (χ1v) is 16.1. The zero-order valence-electron chi connectivity index (χ0n) is 25.4. The fourth-order valence-electron chi connectivity index (χ4n) is 5.79. The summed E-state index contributed by atoms with van der Waals surface area (Å²) in [5, 5.41) is 2.32. The number of hydrogen-bond acceptors (Lipinski definition) is 6. The third-order valence-electron chi connectivity index (χ3n) is 8.01. The van der Waals surface area contributed by atoms with Crippen molar-refractivity contribution in [2.75, 3.05) is 6.61 Å². The number of hydrogen-bond donors (Lipinski definition) is 0. The summed E-state index contributed by atoms with van der Waals surface area (Å²) in [6.07, 6.45) is 1.80. The molecule has 0 saturated carbocycles. The fraction of sp³-hybridized carbons (Fsp3) is 0.103. The van der Waals surface area contributed by atoms with Crippen LogP contribution < -0.4 is 19.6 Å². The van der Waals surface area contributed by atoms with Gasteiger partial charge in [-0.05, 0) is 64.7 Å². The summed E-state index contributed by atoms with van der Waals surface area (Å²) in [6.45, 7) is 2.30. The van der Waals surface area contributed by atoms with E-state index in [9.17, 15) is 14.0 Å². The molecule has 1 aliphatic rings. The average Bonchev–Trinajstić information content (AvgIpc) is 3.42. The van der Waals surface area contributed by atoms with Gasteiger partial charge in [0.1, 0.15) is 18.2 Å². The van der Waals surface area contributed by atoms with E-state index >= 15 is 0 Å². The maximum atomic E-state index is 14.1. The molecular weight excluding hydrogens is 612 g/mol. The van der Waals surface area contributed by atoms with E-state index in [0.29, 0.717) is 38.5 Å². The predicted octanol–water partition coefficient (Wildman–Crippen LogP) is 6.81. The van der Waals surface area contributed by atoms with Crippen molar-refractivity contribution in [2.24, 2.45) is 4.99 Å². The molecule has 1 aromatic heterocycles. The number of fused-ring (bicyclic) bond motifs is 2. The first-order valence-electron chi connectivity index (χ1n) is 15.2. The minimum Gasteiger partial charge on any atom is -0.489 e. The Morgan fingerprint density at radius 2 is 1.62 bits per heavy atom. The number of carbonyl (C=O) groups is 1. The molecule has 232 valence electrons. The maximum Gasteiger partial charge on any atom is 0.338 e. The number of esters is 1. The van der Waals surface area contributed by atoms with Crippen molar-refractivity contribution < 1.29 is 18.7 Å². The van der Waals surface area contributed by atoms with Gasteiger partial charge in [0.15, 0.2) is 4.80 Å². The highest BCUT2D eigenvalue weighted by Gasteiger charge is 2.35. The van der Waals surface area contributed by atoms with Crippen LogP contribution in [0.4, 0.5) is 4.39 Å². The molecule has 0 N–H and O–H groups in total. The number of ether oxygens (including phenoxy) is 2. The van der Waals surface area contributed by atoms with Crippen LogP contribution in [0.25, 0.3) is 22.5 Å². The SMILES string of the molecule is CCOC(=O)C1=C(c2ccccc2)N=c2s/c(=C\c3ccc(OCc4cccc5ccccc45)cc3)c(=O)n2[C@@H]1c1ccc(F)cc1. The van der Waals surface area contributed by atoms with Gasteiger partial charge >= 0.3 is 5.97 Å². The molecule has 0 aliphatic carbocycles. The quantitative estimate of drug-likeness (QED) is 0.172. The summed E-state index contributed by atoms with van der Waals surface area (Å²) in [5.41, 5.74) is 3.50. The summed E-state index contributed by atoms with van der Waals surface area (Å²) < 4.78 is 27.6. The van der Waals surface area contributed by atoms with Gasteiger partial charge in [-0.3, -0.25) is 9.36 Å². The van der Waals surface area contributed by atoms with Crippen LogP contribution in [0, 0.1) is 5.82 Å². The number of thiazole rings is 1. The van der Waals surface area contributed by atoms with Gasteiger partial charge in [0.2, 0.25) is 0 Å². The second-order valence-electron chi connectivity index (χ2n) is 11.0. The molecule has 6 aromatic rings. The number of aromatic nitrogens is 1. The lowest BCUT2D eigenvalue weighted by molar-refractivity contribution is -0.138. The largest absolute Gasteiger partial charge is 0.489 e. The van der Waals surface area contributed by atoms with Crippen LogP contribution in [-0.2, 0) is 16.1 Å². The highest BCUT2D eigenvalue weighted by Crippen LogP contribution is 2.35. The monoisotopic (exact) mass is 640 g/mol. The molecule has 0 bridgehead atoms. The minimum atomic E-state index is -0.868. The Balaban J connectivity index is 1.27. The Kier molecular flexibility index (Phi) is 8.33. The summed E-state index contributed by atoms with van der Waals surface area (Å²) in [5.74, 6) is -0.298. The molecule has 0 spiro atoms. The van der Waals surface area contributed by atoms with E-state index in [1.807, 2.05) is 72.8 Å². The van der Waals surface area contributed by atoms with Crippen LogP contribution in [0.15, 0.2) is 137 Å². The van der Waals surface area contributed by atoms with Gasteiger partial charge in [0, 0.05) is 5.56 Å². The Morgan fingerprint density at radius 1 is 0.894 bits per heavy atom. The van der Waals surface area contributed by atoms with E-state index in [-0.39, 0.29) is 17.7 Å². The molecule has 47 heavy (non-hydrogen) atoms. The summed E-state index contributed by atoms with van der Waals surface area (Å²) >= 11 is 1.23. The molecule has 6 nitrogen and oxygen atoms in total. The Bertz CT molecular complexity index is 2300. The highest BCUT2D eigenvalue weighted by molar-refractivity contribution is 7.07. The smallest absolute Gasteiger partial charge is 0.338 e. The lowest BCUT2D eigenvalue weighted by Gasteiger charge is -2.25. The second-order valence-corrected chi connectivity index (χ2v) is 12.0. The van der Waals surface area contributed by atoms with Crippen LogP contribution in [0.1, 0.15) is 35.2 Å². The van der Waals surface area contributed by atoms with Gasteiger partial charge in [0.05, 0.1) is 28.5 Å². The minimum absolute atomic E-state index is 0.145. The van der Waals surface area contributed by atoms with E-state index in [0.717, 1.165) is 21.9 Å². The molecule has 5 aromatic carbocycles. The second kappa shape index (κ2) is 13.0. The summed E-state index contributed by atoms with van der Waals surface area (Å²) in [7, 11) is 0. The van der Waals surface area contributed by atoms with Crippen LogP contribution in [0.3, 0.4) is 0 Å². The lowest BCUT2D eigenvalue weighted by Crippen LogP contribution is -2.40. The van der Waals surface area contributed by atoms with E-state index in [4.69, 9.17) is 14.5 Å². The van der Waals surface area contributed by atoms with Crippen molar-refractivity contribution in [3.05, 3.63) is 175 Å². The first-order chi connectivity index (χ1) is 23.0. The van der Waals surface area contributed by atoms with E-state index in [1.54, 1.807) is 25.1 Å². The number of halogens is 1. The molecule has 1 atom stereocenters. The van der Waals surface area contributed by atoms with Crippen molar-refractivity contribution in [1.82, 2.24) is 4.57 Å². The Hall–Kier alpha value is -5.60. The normalized spacial score (nSPS) is 14.5. The van der Waals surface area contributed by atoms with Gasteiger partial charge in [-0.2, -0.15) is 0 Å². The third-order valence-corrected chi connectivity index (χ3v) is 8.99. The van der Waals surface area contributed by atoms with Gasteiger partial charge < -0.3 is 9.47 Å². The van der Waals surface area contributed by atoms with E-state index < -0.39 is 17.8 Å². The van der Waals surface area contributed by atoms with Gasteiger partial charge in [-0.15, -0.1) is 0 Å². The standard InChI is InChI=1S/C39H29FN2O4S/c1-2-45-38(44)34-35(27-10-4-3-5-11-27)41-39-42(36(34)28-17-19-30(40)20-18-28)37(43)33(47-39)23-25-15-21-31(22-16-25)46-24-29-13-8-12-26-9-6-7-14-32(26)29/h3-23,36H,2,24H2,1H3/b33-23-/t36-/m1/s1. The number of rotatable bonds is 8. The van der Waals surface area contributed by atoms with Crippen molar-refractivity contribution in [3.63, 3.8) is 0 Å². The fourth-order valence-corrected chi connectivity index (χ4v) is 6.79. The van der Waals surface area contributed by atoms with Crippen molar-refractivity contribution in [1.29, 1.82) is 0 Å². The highest BCUT2D eigenvalue weighted by atomic mass is 32.1. The molecule has 0 fully saturated rings. The molecule has 7 rings (SSSR count). The zero-order chi connectivity index (χ0) is 32.3. The van der Waals surface area contributed by atoms with Gasteiger partial charge in [-0.25, -0.2) is 14.2 Å². The van der Waals surface area contributed by atoms with Crippen molar-refractivity contribution >= 4 is 39.9 Å². The topological polar surface area (TPSA) is 69.9 Å². The number of nitrogens with zero attached hydrogens (tertiary/aromatic N) is 2. The molecule has 0 radical (unpaired) electrons. The lowest BCUT2D eigenvalue weighted by atomic mass is 9.93. The van der Waals surface area contributed by atoms with Crippen LogP contribution in [0.2, 0.25) is 0 Å². The molecule has 8 heteroatoms. The van der Waals surface area contributed by atoms with Crippen molar-refractivity contribution in [2.45, 2.75) is 19.6 Å². The van der Waals surface area contributed by atoms with Crippen molar-refractivity contribution in [3.8, 4) is 5.75 Å². The first kappa shape index (κ1) is 30.1. The van der Waals surface area contributed by atoms with Gasteiger partial charge in [-0.1, -0.05) is 108 Å². The summed E-state index contributed by atoms with van der Waals surface area (Å²) in [4.78, 5) is 32.9. The molecule has 0 unspecified atom stereocenters. The van der Waals surface area contributed by atoms with Crippen LogP contribution >= 0.6 is 11.3 Å². The van der Waals surface area contributed by atoms with E-state index in [1.165, 1.54) is 28.0 Å². The Labute approximate surface area is 274 Å². The molecule has 0 saturated heterocycles. The summed E-state index contributed by atoms with van der Waals surface area (Å²) in [6, 6.07) is 36.2. The van der Waals surface area contributed by atoms with Crippen LogP contribution in [0.5, 0.6) is 5.75 Å². The third kappa shape index (κ3) is 6.03. The predicted molar refractivity (Wildman–Crippen MR) is 182 cm³/mol. The van der Waals surface area contributed by atoms with Crippen LogP contribution in [-0.4, -0.2) is 17.1 Å². The number of benzene rings is 5. The molecule has 1 aliphatic heterocycles. The number of carbonyl (C=O) groups excluding carboxylic acids is 1. The average molecular weight is 641 g/mol. The van der Waals surface area contributed by atoms with Gasteiger partial charge in [0.25, 0.3) is 5.56 Å². The zero-order valence-corrected chi connectivity index (χ0v) is 26.2. The van der Waals surface area contributed by atoms with E-state index in [2.05, 4.69) is 24.3 Å². The molecule has 2 heterocycles. The molecular formula is C39H29FN2O4S. The molecule has 0 amide bonds. The maximum absolute atomic E-state index is 14.1.